The van der Waals surface area contributed by atoms with Crippen LogP contribution in [0.1, 0.15) is 44.1 Å². The summed E-state index contributed by atoms with van der Waals surface area (Å²) in [5.74, 6) is 1.65. The van der Waals surface area contributed by atoms with Crippen molar-refractivity contribution in [3.63, 3.8) is 0 Å². The molecule has 0 heterocycles. The highest BCUT2D eigenvalue weighted by Crippen LogP contribution is 2.37. The molecule has 1 fully saturated rings. The molecule has 1 aromatic carbocycles. The Morgan fingerprint density at radius 3 is 2.64 bits per heavy atom. The minimum Gasteiger partial charge on any atom is -0.0609 e. The molecule has 0 saturated heterocycles. The van der Waals surface area contributed by atoms with Crippen molar-refractivity contribution < 1.29 is 0 Å². The highest BCUT2D eigenvalue weighted by Gasteiger charge is 2.22. The van der Waals surface area contributed by atoms with Gasteiger partial charge in [-0.3, -0.25) is 0 Å². The van der Waals surface area contributed by atoms with E-state index in [9.17, 15) is 0 Å². The van der Waals surface area contributed by atoms with E-state index in [1.807, 2.05) is 0 Å². The summed E-state index contributed by atoms with van der Waals surface area (Å²) < 4.78 is 1.21. The van der Waals surface area contributed by atoms with E-state index in [4.69, 9.17) is 0 Å². The van der Waals surface area contributed by atoms with Gasteiger partial charge in [0.05, 0.1) is 0 Å². The average Bonchev–Trinajstić information content (AvgIpc) is 2.69. The molecular weight excluding hydrogens is 236 g/mol. The smallest absolute Gasteiger partial charge is 0.0178 e. The van der Waals surface area contributed by atoms with E-state index in [2.05, 4.69) is 47.1 Å². The quantitative estimate of drug-likeness (QED) is 0.713. The van der Waals surface area contributed by atoms with Crippen LogP contribution in [0.2, 0.25) is 0 Å². The summed E-state index contributed by atoms with van der Waals surface area (Å²) >= 11 is 3.54. The lowest BCUT2D eigenvalue weighted by Gasteiger charge is -2.19. The van der Waals surface area contributed by atoms with Gasteiger partial charge in [-0.2, -0.15) is 0 Å². The first-order chi connectivity index (χ1) is 6.77. The second-order valence-corrected chi connectivity index (χ2v) is 5.30. The zero-order chi connectivity index (χ0) is 9.97. The van der Waals surface area contributed by atoms with Crippen LogP contribution >= 0.6 is 15.9 Å². The van der Waals surface area contributed by atoms with Gasteiger partial charge in [-0.15, -0.1) is 0 Å². The molecule has 1 aliphatic rings. The first-order valence-corrected chi connectivity index (χ1v) is 6.32. The van der Waals surface area contributed by atoms with Gasteiger partial charge in [0, 0.05) is 4.47 Å². The minimum absolute atomic E-state index is 0.731. The summed E-state index contributed by atoms with van der Waals surface area (Å²) in [5, 5.41) is 0. The predicted molar refractivity (Wildman–Crippen MR) is 64.5 cm³/mol. The second kappa shape index (κ2) is 4.48. The van der Waals surface area contributed by atoms with Gasteiger partial charge in [0.2, 0.25) is 0 Å². The third-order valence-corrected chi connectivity index (χ3v) is 3.97. The molecule has 0 N–H and O–H groups in total. The molecule has 0 aromatic heterocycles. The molecule has 1 unspecified atom stereocenters. The zero-order valence-electron chi connectivity index (χ0n) is 8.67. The standard InChI is InChI=1S/C13H17Br/c1-10(11-5-2-3-6-11)12-7-4-8-13(14)9-12/h4,7-11H,2-3,5-6H2,1H3. The molecule has 1 aliphatic carbocycles. The highest BCUT2D eigenvalue weighted by atomic mass is 79.9. The van der Waals surface area contributed by atoms with Gasteiger partial charge in [-0.25, -0.2) is 0 Å². The number of benzene rings is 1. The lowest BCUT2D eigenvalue weighted by Crippen LogP contribution is -2.05. The monoisotopic (exact) mass is 252 g/mol. The van der Waals surface area contributed by atoms with E-state index < -0.39 is 0 Å². The summed E-state index contributed by atoms with van der Waals surface area (Å²) in [6.45, 7) is 2.37. The van der Waals surface area contributed by atoms with Gasteiger partial charge in [0.1, 0.15) is 0 Å². The van der Waals surface area contributed by atoms with Crippen molar-refractivity contribution in [2.24, 2.45) is 5.92 Å². The number of hydrogen-bond donors (Lipinski definition) is 0. The molecule has 0 radical (unpaired) electrons. The maximum absolute atomic E-state index is 3.54. The Hall–Kier alpha value is -0.300. The molecule has 1 aromatic rings. The van der Waals surface area contributed by atoms with Crippen molar-refractivity contribution in [3.05, 3.63) is 34.3 Å². The molecule has 0 amide bonds. The fraction of sp³-hybridized carbons (Fsp3) is 0.538. The van der Waals surface area contributed by atoms with E-state index in [-0.39, 0.29) is 0 Å². The molecule has 1 heteroatoms. The topological polar surface area (TPSA) is 0 Å². The minimum atomic E-state index is 0.731. The van der Waals surface area contributed by atoms with Crippen LogP contribution in [-0.2, 0) is 0 Å². The SMILES string of the molecule is CC(c1cccc(Br)c1)C1CCCC1. The third-order valence-electron chi connectivity index (χ3n) is 3.48. The first kappa shape index (κ1) is 10.2. The van der Waals surface area contributed by atoms with Gasteiger partial charge in [0.25, 0.3) is 0 Å². The van der Waals surface area contributed by atoms with Crippen molar-refractivity contribution in [2.75, 3.05) is 0 Å². The molecule has 76 valence electrons. The maximum Gasteiger partial charge on any atom is 0.0178 e. The summed E-state index contributed by atoms with van der Waals surface area (Å²) in [5.41, 5.74) is 1.49. The molecule has 0 spiro atoms. The number of hydrogen-bond acceptors (Lipinski definition) is 0. The fourth-order valence-electron chi connectivity index (χ4n) is 2.52. The van der Waals surface area contributed by atoms with Crippen molar-refractivity contribution in [2.45, 2.75) is 38.5 Å². The largest absolute Gasteiger partial charge is 0.0609 e. The van der Waals surface area contributed by atoms with Crippen LogP contribution < -0.4 is 0 Å². The Kier molecular flexibility index (Phi) is 3.27. The average molecular weight is 253 g/mol. The van der Waals surface area contributed by atoms with Crippen molar-refractivity contribution in [1.29, 1.82) is 0 Å². The molecular formula is C13H17Br. The zero-order valence-corrected chi connectivity index (χ0v) is 10.3. The summed E-state index contributed by atoms with van der Waals surface area (Å²) in [7, 11) is 0. The second-order valence-electron chi connectivity index (χ2n) is 4.39. The summed E-state index contributed by atoms with van der Waals surface area (Å²) in [6, 6.07) is 8.77. The van der Waals surface area contributed by atoms with E-state index in [1.165, 1.54) is 35.7 Å². The van der Waals surface area contributed by atoms with Crippen molar-refractivity contribution >= 4 is 15.9 Å². The van der Waals surface area contributed by atoms with Crippen LogP contribution in [0.4, 0.5) is 0 Å². The van der Waals surface area contributed by atoms with Crippen molar-refractivity contribution in [3.8, 4) is 0 Å². The summed E-state index contributed by atoms with van der Waals surface area (Å²) in [6.07, 6.45) is 5.72. The Morgan fingerprint density at radius 2 is 2.00 bits per heavy atom. The molecule has 14 heavy (non-hydrogen) atoms. The number of rotatable bonds is 2. The Balaban J connectivity index is 2.13. The molecule has 1 atom stereocenters. The highest BCUT2D eigenvalue weighted by molar-refractivity contribution is 9.10. The van der Waals surface area contributed by atoms with E-state index in [0.717, 1.165) is 11.8 Å². The van der Waals surface area contributed by atoms with Crippen LogP contribution in [0.25, 0.3) is 0 Å². The number of halogens is 1. The van der Waals surface area contributed by atoms with Gasteiger partial charge in [-0.05, 0) is 42.4 Å². The normalized spacial score (nSPS) is 19.9. The molecule has 1 saturated carbocycles. The van der Waals surface area contributed by atoms with Crippen LogP contribution in [0, 0.1) is 5.92 Å². The lowest BCUT2D eigenvalue weighted by atomic mass is 9.87. The Morgan fingerprint density at radius 1 is 1.29 bits per heavy atom. The molecule has 0 bridgehead atoms. The summed E-state index contributed by atoms with van der Waals surface area (Å²) in [4.78, 5) is 0. The lowest BCUT2D eigenvalue weighted by molar-refractivity contribution is 0.461. The third kappa shape index (κ3) is 2.20. The molecule has 2 rings (SSSR count). The molecule has 0 nitrogen and oxygen atoms in total. The predicted octanol–water partition coefficient (Wildman–Crippen LogP) is 4.74. The Labute approximate surface area is 94.8 Å². The van der Waals surface area contributed by atoms with Gasteiger partial charge in [0.15, 0.2) is 0 Å². The van der Waals surface area contributed by atoms with Crippen LogP contribution in [-0.4, -0.2) is 0 Å². The first-order valence-electron chi connectivity index (χ1n) is 5.53. The van der Waals surface area contributed by atoms with Gasteiger partial charge in [-0.1, -0.05) is 47.8 Å². The van der Waals surface area contributed by atoms with Crippen LogP contribution in [0.3, 0.4) is 0 Å². The molecule has 0 aliphatic heterocycles. The van der Waals surface area contributed by atoms with E-state index in [1.54, 1.807) is 0 Å². The van der Waals surface area contributed by atoms with Crippen molar-refractivity contribution in [1.82, 2.24) is 0 Å². The van der Waals surface area contributed by atoms with Crippen LogP contribution in [0.15, 0.2) is 28.7 Å². The van der Waals surface area contributed by atoms with Crippen LogP contribution in [0.5, 0.6) is 0 Å². The van der Waals surface area contributed by atoms with E-state index >= 15 is 0 Å². The van der Waals surface area contributed by atoms with Gasteiger partial charge >= 0.3 is 0 Å². The fourth-order valence-corrected chi connectivity index (χ4v) is 2.94. The maximum atomic E-state index is 3.54. The Bertz CT molecular complexity index is 300. The van der Waals surface area contributed by atoms with E-state index in [0.29, 0.717) is 0 Å². The van der Waals surface area contributed by atoms with Gasteiger partial charge < -0.3 is 0 Å².